The monoisotopic (exact) mass is 432 g/mol. The van der Waals surface area contributed by atoms with Crippen molar-refractivity contribution in [1.82, 2.24) is 5.32 Å². The van der Waals surface area contributed by atoms with E-state index in [0.717, 1.165) is 27.8 Å². The van der Waals surface area contributed by atoms with Crippen LogP contribution in [0.15, 0.2) is 72.8 Å². The Morgan fingerprint density at radius 2 is 1.62 bits per heavy atom. The second-order valence-electron chi connectivity index (χ2n) is 8.00. The minimum atomic E-state index is -1.16. The number of hydrogen-bond donors (Lipinski definition) is 4. The van der Waals surface area contributed by atoms with Crippen LogP contribution in [0.2, 0.25) is 0 Å². The van der Waals surface area contributed by atoms with Gasteiger partial charge in [-0.1, -0.05) is 72.8 Å². The summed E-state index contributed by atoms with van der Waals surface area (Å²) >= 11 is 0. The van der Waals surface area contributed by atoms with Gasteiger partial charge < -0.3 is 26.0 Å². The van der Waals surface area contributed by atoms with Gasteiger partial charge in [0.05, 0.1) is 0 Å². The Morgan fingerprint density at radius 1 is 0.969 bits per heavy atom. The van der Waals surface area contributed by atoms with E-state index < -0.39 is 18.3 Å². The van der Waals surface area contributed by atoms with Crippen molar-refractivity contribution >= 4 is 6.09 Å². The molecule has 3 aromatic carbocycles. The topological polar surface area (TPSA) is 105 Å². The molecule has 6 nitrogen and oxygen atoms in total. The van der Waals surface area contributed by atoms with Crippen LogP contribution in [-0.4, -0.2) is 42.1 Å². The molecule has 0 spiro atoms. The largest absolute Gasteiger partial charge is 0.449 e. The van der Waals surface area contributed by atoms with Crippen molar-refractivity contribution in [1.29, 1.82) is 0 Å². The third-order valence-electron chi connectivity index (χ3n) is 5.89. The SMILES string of the molecule is NCCc1cccc(C(O)C(O)CNC(=O)OCC2c3ccccc3-c3ccccc32)c1. The summed E-state index contributed by atoms with van der Waals surface area (Å²) in [7, 11) is 0. The Kier molecular flexibility index (Phi) is 6.85. The van der Waals surface area contributed by atoms with Gasteiger partial charge in [0.15, 0.2) is 0 Å². The minimum absolute atomic E-state index is 0.0334. The molecule has 0 saturated carbocycles. The molecule has 0 fully saturated rings. The first kappa shape index (κ1) is 22.0. The molecule has 166 valence electrons. The summed E-state index contributed by atoms with van der Waals surface area (Å²) in [5.74, 6) is -0.0334. The summed E-state index contributed by atoms with van der Waals surface area (Å²) in [6.07, 6.45) is -2.23. The van der Waals surface area contributed by atoms with E-state index in [1.54, 1.807) is 6.07 Å². The molecule has 3 aromatic rings. The average molecular weight is 433 g/mol. The van der Waals surface area contributed by atoms with Crippen molar-refractivity contribution in [3.05, 3.63) is 95.1 Å². The average Bonchev–Trinajstić information content (AvgIpc) is 3.15. The van der Waals surface area contributed by atoms with Crippen molar-refractivity contribution in [2.24, 2.45) is 5.73 Å². The number of rotatable bonds is 8. The number of amides is 1. The number of alkyl carbamates (subject to hydrolysis) is 1. The minimum Gasteiger partial charge on any atom is -0.449 e. The molecule has 4 rings (SSSR count). The van der Waals surface area contributed by atoms with E-state index in [9.17, 15) is 15.0 Å². The van der Waals surface area contributed by atoms with Crippen LogP contribution in [0.5, 0.6) is 0 Å². The number of aliphatic hydroxyl groups is 2. The highest BCUT2D eigenvalue weighted by Crippen LogP contribution is 2.44. The Bertz CT molecular complexity index is 1040. The van der Waals surface area contributed by atoms with Crippen LogP contribution in [-0.2, 0) is 11.2 Å². The van der Waals surface area contributed by atoms with Crippen LogP contribution in [0, 0.1) is 0 Å². The smallest absolute Gasteiger partial charge is 0.407 e. The maximum absolute atomic E-state index is 12.3. The molecule has 2 unspecified atom stereocenters. The number of nitrogens with two attached hydrogens (primary N) is 1. The number of carbonyl (C=O) groups excluding carboxylic acids is 1. The number of aliphatic hydroxyl groups excluding tert-OH is 2. The van der Waals surface area contributed by atoms with Gasteiger partial charge >= 0.3 is 6.09 Å². The van der Waals surface area contributed by atoms with Gasteiger partial charge in [-0.05, 0) is 46.3 Å². The lowest BCUT2D eigenvalue weighted by molar-refractivity contribution is 0.0185. The second-order valence-corrected chi connectivity index (χ2v) is 8.00. The highest BCUT2D eigenvalue weighted by atomic mass is 16.5. The van der Waals surface area contributed by atoms with Crippen LogP contribution < -0.4 is 11.1 Å². The molecular formula is C26H28N2O4. The summed E-state index contributed by atoms with van der Waals surface area (Å²) < 4.78 is 5.47. The highest BCUT2D eigenvalue weighted by Gasteiger charge is 2.29. The van der Waals surface area contributed by atoms with Crippen LogP contribution in [0.4, 0.5) is 4.79 Å². The Labute approximate surface area is 187 Å². The zero-order chi connectivity index (χ0) is 22.5. The Morgan fingerprint density at radius 3 is 2.28 bits per heavy atom. The van der Waals surface area contributed by atoms with Crippen molar-refractivity contribution in [2.45, 2.75) is 24.5 Å². The molecule has 6 heteroatoms. The molecule has 2 atom stereocenters. The van der Waals surface area contributed by atoms with Gasteiger partial charge in [0.25, 0.3) is 0 Å². The normalized spacial score (nSPS) is 14.3. The quantitative estimate of drug-likeness (QED) is 0.438. The lowest BCUT2D eigenvalue weighted by Gasteiger charge is -2.20. The molecule has 0 radical (unpaired) electrons. The van der Waals surface area contributed by atoms with Crippen LogP contribution >= 0.6 is 0 Å². The van der Waals surface area contributed by atoms with E-state index in [2.05, 4.69) is 29.6 Å². The van der Waals surface area contributed by atoms with Gasteiger partial charge in [0.2, 0.25) is 0 Å². The number of nitrogens with one attached hydrogen (secondary N) is 1. The first-order valence-electron chi connectivity index (χ1n) is 10.8. The standard InChI is InChI=1S/C26H28N2O4/c27-13-12-17-6-5-7-18(14-17)25(30)24(29)15-28-26(31)32-16-23-21-10-3-1-8-19(21)20-9-2-4-11-22(20)23/h1-11,14,23-25,29-30H,12-13,15-16,27H2,(H,28,31). The molecular weight excluding hydrogens is 404 g/mol. The fourth-order valence-corrected chi connectivity index (χ4v) is 4.27. The molecule has 0 aliphatic heterocycles. The van der Waals surface area contributed by atoms with Gasteiger partial charge in [-0.2, -0.15) is 0 Å². The summed E-state index contributed by atoms with van der Waals surface area (Å²) in [5, 5.41) is 23.3. The molecule has 5 N–H and O–H groups in total. The maximum Gasteiger partial charge on any atom is 0.407 e. The third kappa shape index (κ3) is 4.67. The molecule has 0 saturated heterocycles. The lowest BCUT2D eigenvalue weighted by Crippen LogP contribution is -2.36. The van der Waals surface area contributed by atoms with Crippen LogP contribution in [0.3, 0.4) is 0 Å². The zero-order valence-corrected chi connectivity index (χ0v) is 17.8. The molecule has 0 bridgehead atoms. The zero-order valence-electron chi connectivity index (χ0n) is 17.8. The number of carbonyl (C=O) groups is 1. The summed E-state index contributed by atoms with van der Waals surface area (Å²) in [4.78, 5) is 12.3. The van der Waals surface area contributed by atoms with Crippen molar-refractivity contribution in [3.63, 3.8) is 0 Å². The van der Waals surface area contributed by atoms with Gasteiger partial charge in [-0.25, -0.2) is 4.79 Å². The van der Waals surface area contributed by atoms with Crippen LogP contribution in [0.25, 0.3) is 11.1 Å². The Hall–Kier alpha value is -3.19. The van der Waals surface area contributed by atoms with Gasteiger partial charge in [-0.3, -0.25) is 0 Å². The van der Waals surface area contributed by atoms with E-state index in [0.29, 0.717) is 18.5 Å². The van der Waals surface area contributed by atoms with Crippen molar-refractivity contribution in [2.75, 3.05) is 19.7 Å². The van der Waals surface area contributed by atoms with E-state index in [1.807, 2.05) is 42.5 Å². The maximum atomic E-state index is 12.3. The molecule has 0 aromatic heterocycles. The number of ether oxygens (including phenoxy) is 1. The van der Waals surface area contributed by atoms with Crippen molar-refractivity contribution < 1.29 is 19.7 Å². The highest BCUT2D eigenvalue weighted by molar-refractivity contribution is 5.79. The summed E-state index contributed by atoms with van der Waals surface area (Å²) in [6.45, 7) is 0.573. The third-order valence-corrected chi connectivity index (χ3v) is 5.89. The predicted molar refractivity (Wildman–Crippen MR) is 123 cm³/mol. The van der Waals surface area contributed by atoms with Crippen LogP contribution in [0.1, 0.15) is 34.3 Å². The number of hydrogen-bond acceptors (Lipinski definition) is 5. The number of fused-ring (bicyclic) bond motifs is 3. The van der Waals surface area contributed by atoms with E-state index in [1.165, 1.54) is 0 Å². The van der Waals surface area contributed by atoms with E-state index in [-0.39, 0.29) is 19.1 Å². The Balaban J connectivity index is 1.32. The fraction of sp³-hybridized carbons (Fsp3) is 0.269. The number of benzene rings is 3. The molecule has 1 aliphatic carbocycles. The van der Waals surface area contributed by atoms with Gasteiger partial charge in [0, 0.05) is 12.5 Å². The van der Waals surface area contributed by atoms with Gasteiger partial charge in [-0.15, -0.1) is 0 Å². The molecule has 1 amide bonds. The van der Waals surface area contributed by atoms with Crippen molar-refractivity contribution in [3.8, 4) is 11.1 Å². The first-order valence-corrected chi connectivity index (χ1v) is 10.8. The molecule has 1 aliphatic rings. The van der Waals surface area contributed by atoms with Gasteiger partial charge in [0.1, 0.15) is 18.8 Å². The fourth-order valence-electron chi connectivity index (χ4n) is 4.27. The first-order chi connectivity index (χ1) is 15.6. The van der Waals surface area contributed by atoms with E-state index in [4.69, 9.17) is 10.5 Å². The lowest BCUT2D eigenvalue weighted by atomic mass is 9.98. The molecule has 0 heterocycles. The predicted octanol–water partition coefficient (Wildman–Crippen LogP) is 3.12. The summed E-state index contributed by atoms with van der Waals surface area (Å²) in [5.41, 5.74) is 11.7. The van der Waals surface area contributed by atoms with E-state index >= 15 is 0 Å². The second kappa shape index (κ2) is 9.96. The molecule has 32 heavy (non-hydrogen) atoms. The summed E-state index contributed by atoms with van der Waals surface area (Å²) in [6, 6.07) is 23.5.